The third-order valence-corrected chi connectivity index (χ3v) is 16.0. The molecular formula is C44H58Br2IN6O2S2U-. The zero-order chi connectivity index (χ0) is 40.3. The van der Waals surface area contributed by atoms with E-state index in [2.05, 4.69) is 139 Å². The molecule has 8 rings (SSSR count). The van der Waals surface area contributed by atoms with Crippen molar-refractivity contribution < 1.29 is 39.5 Å². The first-order valence-electron chi connectivity index (χ1n) is 19.4. The maximum Gasteiger partial charge on any atom is 0.106 e. The molecular weight excluding hydrogens is 1230 g/mol. The van der Waals surface area contributed by atoms with Crippen molar-refractivity contribution >= 4 is 82.1 Å². The van der Waals surface area contributed by atoms with Gasteiger partial charge in [0.25, 0.3) is 0 Å². The van der Waals surface area contributed by atoms with E-state index in [9.17, 15) is 8.42 Å². The van der Waals surface area contributed by atoms with Gasteiger partial charge >= 0.3 is 0 Å². The maximum atomic E-state index is 13.0. The van der Waals surface area contributed by atoms with Crippen molar-refractivity contribution in [2.45, 2.75) is 94.7 Å². The van der Waals surface area contributed by atoms with Crippen molar-refractivity contribution in [1.29, 1.82) is 0 Å². The van der Waals surface area contributed by atoms with Crippen molar-refractivity contribution in [2.24, 2.45) is 11.3 Å². The van der Waals surface area contributed by atoms with E-state index in [-0.39, 0.29) is 65.5 Å². The molecule has 0 radical (unpaired) electrons. The Hall–Kier alpha value is -0.538. The summed E-state index contributed by atoms with van der Waals surface area (Å²) in [6.07, 6.45) is 8.16. The summed E-state index contributed by atoms with van der Waals surface area (Å²) >= 11 is 8.86. The molecule has 2 saturated heterocycles. The van der Waals surface area contributed by atoms with Crippen molar-refractivity contribution in [3.8, 4) is 0 Å². The Bertz CT molecular complexity index is 1970. The number of benzene rings is 2. The van der Waals surface area contributed by atoms with Crippen LogP contribution in [0.5, 0.6) is 0 Å². The predicted octanol–water partition coefficient (Wildman–Crippen LogP) is 10.2. The summed E-state index contributed by atoms with van der Waals surface area (Å²) in [5.74, 6) is 1.13. The second-order valence-electron chi connectivity index (χ2n) is 17.2. The van der Waals surface area contributed by atoms with Crippen LogP contribution in [0.15, 0.2) is 94.4 Å². The molecule has 14 heteroatoms. The number of anilines is 1. The smallest absolute Gasteiger partial charge is 0.106 e. The van der Waals surface area contributed by atoms with Crippen molar-refractivity contribution in [3.05, 3.63) is 128 Å². The first-order chi connectivity index (χ1) is 26.6. The maximum absolute atomic E-state index is 13.0. The van der Waals surface area contributed by atoms with Gasteiger partial charge in [-0.1, -0.05) is 48.5 Å². The van der Waals surface area contributed by atoms with E-state index in [4.69, 9.17) is 0 Å². The van der Waals surface area contributed by atoms with Gasteiger partial charge in [0.05, 0.1) is 49.4 Å². The molecule has 314 valence electrons. The molecule has 6 atom stereocenters. The second kappa shape index (κ2) is 21.7. The Labute approximate surface area is 406 Å². The summed E-state index contributed by atoms with van der Waals surface area (Å²) in [4.78, 5) is 10.8. The number of piperidine rings is 2. The summed E-state index contributed by atoms with van der Waals surface area (Å²) < 4.78 is 34.8. The first-order valence-corrected chi connectivity index (χ1v) is 24.4. The van der Waals surface area contributed by atoms with E-state index < -0.39 is 22.0 Å². The molecule has 2 aromatic heterocycles. The van der Waals surface area contributed by atoms with Crippen molar-refractivity contribution in [2.75, 3.05) is 31.1 Å². The van der Waals surface area contributed by atoms with E-state index in [1.807, 2.05) is 72.1 Å². The largest absolute Gasteiger partial charge is 0.370 e. The molecule has 4 heterocycles. The number of halogens is 3. The second-order valence-corrected chi connectivity index (χ2v) is 24.0. The van der Waals surface area contributed by atoms with E-state index in [1.165, 1.54) is 34.4 Å². The quantitative estimate of drug-likeness (QED) is 0.105. The monoisotopic (exact) mass is 1290 g/mol. The van der Waals surface area contributed by atoms with Crippen LogP contribution in [0.4, 0.5) is 5.69 Å². The third kappa shape index (κ3) is 12.3. The fraction of sp³-hybridized carbons (Fsp3) is 0.477. The van der Waals surface area contributed by atoms with Gasteiger partial charge < -0.3 is 17.6 Å². The summed E-state index contributed by atoms with van der Waals surface area (Å²) in [5.41, 5.74) is 6.86. The van der Waals surface area contributed by atoms with Crippen LogP contribution < -0.4 is 19.7 Å². The number of rotatable bonds is 5. The molecule has 58 heavy (non-hydrogen) atoms. The minimum absolute atomic E-state index is 0. The Kier molecular flexibility index (Phi) is 18.7. The van der Waals surface area contributed by atoms with Gasteiger partial charge in [0, 0.05) is 66.6 Å². The molecule has 0 saturated carbocycles. The first kappa shape index (κ1) is 50.1. The van der Waals surface area contributed by atoms with Gasteiger partial charge in [-0.25, -0.2) is 27.8 Å². The molecule has 2 aromatic carbocycles. The van der Waals surface area contributed by atoms with Gasteiger partial charge in [-0.2, -0.15) is 0 Å². The summed E-state index contributed by atoms with van der Waals surface area (Å²) in [7, 11) is -2.12. The molecule has 8 nitrogen and oxygen atoms in total. The zero-order valence-corrected chi connectivity index (χ0v) is 45.8. The number of pyridine rings is 2. The average Bonchev–Trinajstić information content (AvgIpc) is 3.65. The molecule has 0 bridgehead atoms. The van der Waals surface area contributed by atoms with E-state index >= 15 is 0 Å². The minimum Gasteiger partial charge on any atom is -0.370 e. The molecule has 4 aliphatic rings. The zero-order valence-electron chi connectivity index (χ0n) is 34.7. The Morgan fingerprint density at radius 2 is 1.36 bits per heavy atom. The average molecular weight is 1290 g/mol. The number of fused-ring (bicyclic) bond motifs is 4. The van der Waals surface area contributed by atoms with Crippen LogP contribution in [0.25, 0.3) is 0 Å². The molecule has 2 aliphatic heterocycles. The SMILES string of the molecule is Brc1ccc(I)cn1.CC(C)(C)[S@@](=O)N[C@@H]1c2ccccc2C2CCNCC21.CC(C)(C)[S@@](=O)N[C@@H]1c2ccccc2CC12CCN(c1ccc(Br)nc1)CC2.[CH3-].[U]. The van der Waals surface area contributed by atoms with E-state index in [0.29, 0.717) is 11.8 Å². The van der Waals surface area contributed by atoms with E-state index in [0.717, 1.165) is 58.2 Å². The van der Waals surface area contributed by atoms with Crippen LogP contribution in [-0.4, -0.2) is 54.1 Å². The third-order valence-electron chi connectivity index (χ3n) is 11.3. The van der Waals surface area contributed by atoms with Crippen LogP contribution in [0.1, 0.15) is 101 Å². The van der Waals surface area contributed by atoms with Crippen LogP contribution >= 0.6 is 54.5 Å². The Morgan fingerprint density at radius 1 is 0.793 bits per heavy atom. The summed E-state index contributed by atoms with van der Waals surface area (Å²) in [6, 6.07) is 25.8. The van der Waals surface area contributed by atoms with Crippen LogP contribution in [0.3, 0.4) is 0 Å². The van der Waals surface area contributed by atoms with Crippen molar-refractivity contribution in [3.63, 3.8) is 0 Å². The van der Waals surface area contributed by atoms with Crippen LogP contribution in [-0.2, 0) is 28.4 Å². The van der Waals surface area contributed by atoms with Crippen molar-refractivity contribution in [1.82, 2.24) is 24.7 Å². The fourth-order valence-corrected chi connectivity index (χ4v) is 10.9. The standard InChI is InChI=1S/C22H28BrN3OS.C16H24N2OS.C5H3BrIN.CH3.U/c1-21(2,3)28(27)25-20-18-7-5-4-6-16(18)14-22(20)10-12-26(13-11-22)17-8-9-19(23)24-15-17;1-16(2,3)20(19)18-15-13-7-5-4-6-11(13)12-8-9-17-10-14(12)15;6-5-2-1-4(7)3-8-5;;/h4-9,15,20,25H,10-14H2,1-3H3;4-7,12,14-15,17-18H,8-10H2,1-3H3;1-3H;1H3;/q;;;-1;/t20-,28-;12?,14?,15-,20-;;;/m11.../s1. The van der Waals surface area contributed by atoms with Crippen LogP contribution in [0, 0.1) is 53.4 Å². The Balaban J connectivity index is 0.000000216. The molecule has 2 aliphatic carbocycles. The fourth-order valence-electron chi connectivity index (χ4n) is 8.27. The molecule has 3 N–H and O–H groups in total. The van der Waals surface area contributed by atoms with E-state index in [1.54, 1.807) is 0 Å². The number of hydrogen-bond acceptors (Lipinski definition) is 6. The molecule has 2 fully saturated rings. The number of hydrogen-bond donors (Lipinski definition) is 3. The number of aromatic nitrogens is 2. The van der Waals surface area contributed by atoms with Gasteiger partial charge in [0.2, 0.25) is 0 Å². The summed E-state index contributed by atoms with van der Waals surface area (Å²) in [6.45, 7) is 16.3. The predicted molar refractivity (Wildman–Crippen MR) is 255 cm³/mol. The van der Waals surface area contributed by atoms with Crippen LogP contribution in [0.2, 0.25) is 0 Å². The number of nitrogens with one attached hydrogen (secondary N) is 3. The topological polar surface area (TPSA) is 99.2 Å². The molecule has 1 spiro atoms. The van der Waals surface area contributed by atoms with Gasteiger partial charge in [-0.3, -0.25) is 0 Å². The molecule has 4 aromatic rings. The Morgan fingerprint density at radius 3 is 1.93 bits per heavy atom. The van der Waals surface area contributed by atoms with Gasteiger partial charge in [0.1, 0.15) is 9.21 Å². The minimum atomic E-state index is -1.09. The normalized spacial score (nSPS) is 22.6. The summed E-state index contributed by atoms with van der Waals surface area (Å²) in [5, 5.41) is 3.49. The number of nitrogens with zero attached hydrogens (tertiary/aromatic N) is 3. The van der Waals surface area contributed by atoms with Gasteiger partial charge in [-0.05, 0) is 192 Å². The van der Waals surface area contributed by atoms with Gasteiger partial charge in [-0.15, -0.1) is 0 Å². The molecule has 2 unspecified atom stereocenters. The van der Waals surface area contributed by atoms with Gasteiger partial charge in [0.15, 0.2) is 0 Å². The molecule has 0 amide bonds.